The SMILES string of the molecule is CCC1CCC(n2c(C(C)Cl)nc3cccc(C)c32)C1C. The molecule has 0 amide bonds. The van der Waals surface area contributed by atoms with Crippen molar-refractivity contribution in [2.75, 3.05) is 0 Å². The Hall–Kier alpha value is -1.02. The third-order valence-corrected chi connectivity index (χ3v) is 5.53. The minimum atomic E-state index is -0.0512. The fourth-order valence-corrected chi connectivity index (χ4v) is 4.27. The van der Waals surface area contributed by atoms with E-state index in [1.807, 2.05) is 6.92 Å². The molecule has 2 aromatic rings. The fourth-order valence-electron chi connectivity index (χ4n) is 4.12. The number of hydrogen-bond acceptors (Lipinski definition) is 1. The summed E-state index contributed by atoms with van der Waals surface area (Å²) in [4.78, 5) is 4.83. The number of alkyl halides is 1. The molecule has 1 aromatic carbocycles. The van der Waals surface area contributed by atoms with Gasteiger partial charge in [-0.25, -0.2) is 4.98 Å². The molecule has 1 aliphatic carbocycles. The molecule has 4 atom stereocenters. The first-order valence-electron chi connectivity index (χ1n) is 8.16. The lowest BCUT2D eigenvalue weighted by Gasteiger charge is -2.25. The first-order chi connectivity index (χ1) is 10.0. The molecule has 0 bridgehead atoms. The number of aromatic nitrogens is 2. The second-order valence-corrected chi connectivity index (χ2v) is 7.23. The zero-order valence-corrected chi connectivity index (χ0v) is 14.2. The van der Waals surface area contributed by atoms with Crippen LogP contribution in [0.3, 0.4) is 0 Å². The monoisotopic (exact) mass is 304 g/mol. The van der Waals surface area contributed by atoms with Crippen LogP contribution in [0.5, 0.6) is 0 Å². The molecule has 1 aromatic heterocycles. The van der Waals surface area contributed by atoms with E-state index < -0.39 is 0 Å². The molecule has 0 saturated heterocycles. The number of aryl methyl sites for hydroxylation is 1. The Balaban J connectivity index is 2.18. The summed E-state index contributed by atoms with van der Waals surface area (Å²) < 4.78 is 2.46. The highest BCUT2D eigenvalue weighted by atomic mass is 35.5. The van der Waals surface area contributed by atoms with Crippen molar-refractivity contribution < 1.29 is 0 Å². The van der Waals surface area contributed by atoms with Crippen molar-refractivity contribution in [2.45, 2.75) is 58.4 Å². The molecule has 2 nitrogen and oxygen atoms in total. The maximum absolute atomic E-state index is 6.45. The number of fused-ring (bicyclic) bond motifs is 1. The van der Waals surface area contributed by atoms with E-state index in [0.717, 1.165) is 17.3 Å². The molecule has 4 unspecified atom stereocenters. The highest BCUT2D eigenvalue weighted by molar-refractivity contribution is 6.20. The molecule has 0 N–H and O–H groups in total. The molecule has 114 valence electrons. The summed E-state index contributed by atoms with van der Waals surface area (Å²) in [7, 11) is 0. The number of nitrogens with zero attached hydrogens (tertiary/aromatic N) is 2. The standard InChI is InChI=1S/C18H25ClN2/c1-5-14-9-10-16(12(14)3)21-17-11(2)7-6-8-15(17)20-18(21)13(4)19/h6-8,12-14,16H,5,9-10H2,1-4H3. The highest BCUT2D eigenvalue weighted by Gasteiger charge is 2.35. The molecule has 0 radical (unpaired) electrons. The minimum Gasteiger partial charge on any atom is -0.323 e. The van der Waals surface area contributed by atoms with Gasteiger partial charge >= 0.3 is 0 Å². The van der Waals surface area contributed by atoms with Crippen molar-refractivity contribution in [2.24, 2.45) is 11.8 Å². The average molecular weight is 305 g/mol. The Morgan fingerprint density at radius 2 is 2.14 bits per heavy atom. The highest BCUT2D eigenvalue weighted by Crippen LogP contribution is 2.45. The van der Waals surface area contributed by atoms with Crippen molar-refractivity contribution in [1.29, 1.82) is 0 Å². The van der Waals surface area contributed by atoms with E-state index in [-0.39, 0.29) is 5.38 Å². The normalized spacial score (nSPS) is 27.4. The van der Waals surface area contributed by atoms with Crippen molar-refractivity contribution in [1.82, 2.24) is 9.55 Å². The quantitative estimate of drug-likeness (QED) is 0.671. The van der Waals surface area contributed by atoms with Crippen molar-refractivity contribution in [3.8, 4) is 0 Å². The third kappa shape index (κ3) is 2.38. The number of hydrogen-bond donors (Lipinski definition) is 0. The van der Waals surface area contributed by atoms with E-state index in [4.69, 9.17) is 16.6 Å². The molecular weight excluding hydrogens is 280 g/mol. The Labute approximate surface area is 132 Å². The predicted molar refractivity (Wildman–Crippen MR) is 90.0 cm³/mol. The smallest absolute Gasteiger partial charge is 0.127 e. The Morgan fingerprint density at radius 1 is 1.38 bits per heavy atom. The number of imidazole rings is 1. The van der Waals surface area contributed by atoms with Crippen LogP contribution in [0.4, 0.5) is 0 Å². The van der Waals surface area contributed by atoms with E-state index in [9.17, 15) is 0 Å². The molecule has 0 aliphatic heterocycles. The lowest BCUT2D eigenvalue weighted by molar-refractivity contribution is 0.329. The van der Waals surface area contributed by atoms with Crippen LogP contribution in [0.2, 0.25) is 0 Å². The van der Waals surface area contributed by atoms with Gasteiger partial charge in [-0.15, -0.1) is 11.6 Å². The molecule has 3 rings (SSSR count). The van der Waals surface area contributed by atoms with Crippen LogP contribution in [0.1, 0.15) is 62.8 Å². The Morgan fingerprint density at radius 3 is 2.76 bits per heavy atom. The van der Waals surface area contributed by atoms with Crippen LogP contribution in [0.15, 0.2) is 18.2 Å². The van der Waals surface area contributed by atoms with Gasteiger partial charge in [0.05, 0.1) is 16.4 Å². The second-order valence-electron chi connectivity index (χ2n) is 6.57. The molecule has 1 heterocycles. The molecular formula is C18H25ClN2. The largest absolute Gasteiger partial charge is 0.323 e. The Kier molecular flexibility index (Phi) is 4.00. The molecule has 3 heteroatoms. The zero-order valence-electron chi connectivity index (χ0n) is 13.4. The first-order valence-corrected chi connectivity index (χ1v) is 8.59. The van der Waals surface area contributed by atoms with Gasteiger partial charge in [0, 0.05) is 6.04 Å². The van der Waals surface area contributed by atoms with Crippen molar-refractivity contribution >= 4 is 22.6 Å². The third-order valence-electron chi connectivity index (χ3n) is 5.33. The molecule has 21 heavy (non-hydrogen) atoms. The van der Waals surface area contributed by atoms with E-state index in [2.05, 4.69) is 43.5 Å². The summed E-state index contributed by atoms with van der Waals surface area (Å²) in [5.74, 6) is 2.56. The van der Waals surface area contributed by atoms with Crippen LogP contribution in [0.25, 0.3) is 11.0 Å². The number of rotatable bonds is 3. The maximum Gasteiger partial charge on any atom is 0.127 e. The minimum absolute atomic E-state index is 0.0512. The topological polar surface area (TPSA) is 17.8 Å². The van der Waals surface area contributed by atoms with Crippen LogP contribution in [0, 0.1) is 18.8 Å². The molecule has 1 saturated carbocycles. The summed E-state index contributed by atoms with van der Waals surface area (Å²) in [6, 6.07) is 6.92. The summed E-state index contributed by atoms with van der Waals surface area (Å²) in [6.07, 6.45) is 3.84. The predicted octanol–water partition coefficient (Wildman–Crippen LogP) is 5.64. The first kappa shape index (κ1) is 14.9. The second kappa shape index (κ2) is 5.64. The van der Waals surface area contributed by atoms with Crippen LogP contribution in [-0.4, -0.2) is 9.55 Å². The summed E-state index contributed by atoms with van der Waals surface area (Å²) >= 11 is 6.45. The molecule has 0 spiro atoms. The fraction of sp³-hybridized carbons (Fsp3) is 0.611. The van der Waals surface area contributed by atoms with Crippen LogP contribution >= 0.6 is 11.6 Å². The van der Waals surface area contributed by atoms with Crippen molar-refractivity contribution in [3.05, 3.63) is 29.6 Å². The van der Waals surface area contributed by atoms with Gasteiger partial charge in [0.25, 0.3) is 0 Å². The summed E-state index contributed by atoms with van der Waals surface area (Å²) in [5, 5.41) is -0.0512. The van der Waals surface area contributed by atoms with E-state index >= 15 is 0 Å². The number of halogens is 1. The van der Waals surface area contributed by atoms with E-state index in [1.54, 1.807) is 0 Å². The molecule has 1 aliphatic rings. The van der Waals surface area contributed by atoms with Gasteiger partial charge in [-0.2, -0.15) is 0 Å². The summed E-state index contributed by atoms with van der Waals surface area (Å²) in [5.41, 5.74) is 3.67. The van der Waals surface area contributed by atoms with E-state index in [0.29, 0.717) is 12.0 Å². The van der Waals surface area contributed by atoms with Gasteiger partial charge in [-0.1, -0.05) is 32.4 Å². The number of benzene rings is 1. The lowest BCUT2D eigenvalue weighted by Crippen LogP contribution is -2.18. The van der Waals surface area contributed by atoms with Crippen LogP contribution < -0.4 is 0 Å². The Bertz CT molecular complexity index is 644. The molecule has 1 fully saturated rings. The number of para-hydroxylation sites is 1. The lowest BCUT2D eigenvalue weighted by atomic mass is 9.93. The van der Waals surface area contributed by atoms with Gasteiger partial charge in [0.2, 0.25) is 0 Å². The van der Waals surface area contributed by atoms with Gasteiger partial charge in [0.1, 0.15) is 5.82 Å². The maximum atomic E-state index is 6.45. The zero-order chi connectivity index (χ0) is 15.1. The van der Waals surface area contributed by atoms with Crippen LogP contribution in [-0.2, 0) is 0 Å². The van der Waals surface area contributed by atoms with Gasteiger partial charge in [-0.05, 0) is 50.2 Å². The van der Waals surface area contributed by atoms with Gasteiger partial charge in [-0.3, -0.25) is 0 Å². The van der Waals surface area contributed by atoms with Gasteiger partial charge in [0.15, 0.2) is 0 Å². The van der Waals surface area contributed by atoms with Crippen molar-refractivity contribution in [3.63, 3.8) is 0 Å². The van der Waals surface area contributed by atoms with E-state index in [1.165, 1.54) is 30.3 Å². The summed E-state index contributed by atoms with van der Waals surface area (Å²) in [6.45, 7) is 8.93. The van der Waals surface area contributed by atoms with Gasteiger partial charge < -0.3 is 4.57 Å². The average Bonchev–Trinajstić information content (AvgIpc) is 3.00.